The summed E-state index contributed by atoms with van der Waals surface area (Å²) in [7, 11) is 0. The second-order valence-electron chi connectivity index (χ2n) is 4.42. The molecule has 3 aromatic rings. The van der Waals surface area contributed by atoms with Crippen molar-refractivity contribution in [1.29, 1.82) is 0 Å². The van der Waals surface area contributed by atoms with Crippen LogP contribution in [0, 0.1) is 12.7 Å². The lowest BCUT2D eigenvalue weighted by atomic mass is 10.2. The number of aryl methyl sites for hydroxylation is 1. The highest BCUT2D eigenvalue weighted by molar-refractivity contribution is 6.17. The standard InChI is InChI=1S/C15H12ClFN2/c1-10-4-2-7-13-15(10)19(14(9-16)18-13)12-6-3-5-11(17)8-12/h2-8H,9H2,1H3. The van der Waals surface area contributed by atoms with E-state index in [1.54, 1.807) is 6.07 Å². The lowest BCUT2D eigenvalue weighted by molar-refractivity contribution is 0.626. The smallest absolute Gasteiger partial charge is 0.129 e. The fourth-order valence-electron chi connectivity index (χ4n) is 2.33. The summed E-state index contributed by atoms with van der Waals surface area (Å²) in [5.41, 5.74) is 3.68. The Morgan fingerprint density at radius 2 is 2.00 bits per heavy atom. The molecule has 0 saturated heterocycles. The van der Waals surface area contributed by atoms with Crippen LogP contribution in [0.25, 0.3) is 16.7 Å². The van der Waals surface area contributed by atoms with Crippen molar-refractivity contribution in [3.8, 4) is 5.69 Å². The van der Waals surface area contributed by atoms with Crippen molar-refractivity contribution in [3.05, 3.63) is 59.7 Å². The number of halogens is 2. The second-order valence-corrected chi connectivity index (χ2v) is 4.69. The van der Waals surface area contributed by atoms with Crippen LogP contribution in [0.5, 0.6) is 0 Å². The van der Waals surface area contributed by atoms with Crippen molar-refractivity contribution in [2.45, 2.75) is 12.8 Å². The molecule has 19 heavy (non-hydrogen) atoms. The molecule has 0 aliphatic carbocycles. The summed E-state index contributed by atoms with van der Waals surface area (Å²) in [5, 5.41) is 0. The minimum atomic E-state index is -0.270. The van der Waals surface area contributed by atoms with E-state index in [-0.39, 0.29) is 11.7 Å². The number of hydrogen-bond donors (Lipinski definition) is 0. The summed E-state index contributed by atoms with van der Waals surface area (Å²) in [6.07, 6.45) is 0. The third-order valence-corrected chi connectivity index (χ3v) is 3.37. The van der Waals surface area contributed by atoms with Crippen molar-refractivity contribution in [1.82, 2.24) is 9.55 Å². The van der Waals surface area contributed by atoms with Gasteiger partial charge in [0.25, 0.3) is 0 Å². The summed E-state index contributed by atoms with van der Waals surface area (Å²) >= 11 is 5.97. The molecule has 2 aromatic carbocycles. The van der Waals surface area contributed by atoms with Gasteiger partial charge in [-0.1, -0.05) is 18.2 Å². The third-order valence-electron chi connectivity index (χ3n) is 3.13. The maximum atomic E-state index is 13.4. The molecule has 0 bridgehead atoms. The van der Waals surface area contributed by atoms with Crippen LogP contribution in [-0.4, -0.2) is 9.55 Å². The zero-order valence-electron chi connectivity index (χ0n) is 10.4. The van der Waals surface area contributed by atoms with Crippen molar-refractivity contribution < 1.29 is 4.39 Å². The summed E-state index contributed by atoms with van der Waals surface area (Å²) in [4.78, 5) is 4.51. The maximum Gasteiger partial charge on any atom is 0.129 e. The van der Waals surface area contributed by atoms with Crippen molar-refractivity contribution in [2.24, 2.45) is 0 Å². The molecule has 1 heterocycles. The zero-order chi connectivity index (χ0) is 13.4. The maximum absolute atomic E-state index is 13.4. The largest absolute Gasteiger partial charge is 0.295 e. The van der Waals surface area contributed by atoms with Crippen LogP contribution in [0.3, 0.4) is 0 Å². The molecule has 0 aliphatic heterocycles. The van der Waals surface area contributed by atoms with Crippen LogP contribution in [0.2, 0.25) is 0 Å². The lowest BCUT2D eigenvalue weighted by Gasteiger charge is -2.09. The quantitative estimate of drug-likeness (QED) is 0.640. The number of nitrogens with zero attached hydrogens (tertiary/aromatic N) is 2. The highest BCUT2D eigenvalue weighted by Crippen LogP contribution is 2.25. The molecular formula is C15H12ClFN2. The Bertz CT molecular complexity index is 749. The normalized spacial score (nSPS) is 11.1. The summed E-state index contributed by atoms with van der Waals surface area (Å²) in [6, 6.07) is 12.4. The first-order valence-corrected chi connectivity index (χ1v) is 6.53. The molecule has 0 radical (unpaired) electrons. The molecule has 0 N–H and O–H groups in total. The van der Waals surface area contributed by atoms with Crippen LogP contribution in [0.4, 0.5) is 4.39 Å². The van der Waals surface area contributed by atoms with Crippen molar-refractivity contribution in [2.75, 3.05) is 0 Å². The van der Waals surface area contributed by atoms with Gasteiger partial charge in [-0.2, -0.15) is 0 Å². The molecule has 0 saturated carbocycles. The number of alkyl halides is 1. The van der Waals surface area contributed by atoms with E-state index in [0.29, 0.717) is 0 Å². The average molecular weight is 275 g/mol. The fraction of sp³-hybridized carbons (Fsp3) is 0.133. The summed E-state index contributed by atoms with van der Waals surface area (Å²) < 4.78 is 15.3. The summed E-state index contributed by atoms with van der Waals surface area (Å²) in [6.45, 7) is 2.01. The zero-order valence-corrected chi connectivity index (χ0v) is 11.2. The van der Waals surface area contributed by atoms with Gasteiger partial charge in [-0.15, -0.1) is 11.6 Å². The Morgan fingerprint density at radius 1 is 1.21 bits per heavy atom. The van der Waals surface area contributed by atoms with E-state index in [4.69, 9.17) is 11.6 Å². The highest BCUT2D eigenvalue weighted by Gasteiger charge is 2.13. The van der Waals surface area contributed by atoms with Gasteiger partial charge in [0.1, 0.15) is 11.6 Å². The number of imidazole rings is 1. The highest BCUT2D eigenvalue weighted by atomic mass is 35.5. The van der Waals surface area contributed by atoms with Gasteiger partial charge in [0.2, 0.25) is 0 Å². The van der Waals surface area contributed by atoms with E-state index >= 15 is 0 Å². The molecule has 0 unspecified atom stereocenters. The van der Waals surface area contributed by atoms with Gasteiger partial charge < -0.3 is 0 Å². The van der Waals surface area contributed by atoms with E-state index in [2.05, 4.69) is 4.98 Å². The first kappa shape index (κ1) is 12.2. The number of fused-ring (bicyclic) bond motifs is 1. The van der Waals surface area contributed by atoms with Crippen molar-refractivity contribution in [3.63, 3.8) is 0 Å². The molecule has 0 amide bonds. The van der Waals surface area contributed by atoms with Crippen LogP contribution in [0.1, 0.15) is 11.4 Å². The topological polar surface area (TPSA) is 17.8 Å². The van der Waals surface area contributed by atoms with Gasteiger partial charge in [-0.25, -0.2) is 9.37 Å². The van der Waals surface area contributed by atoms with E-state index in [1.807, 2.05) is 35.8 Å². The molecule has 4 heteroatoms. The van der Waals surface area contributed by atoms with Crippen LogP contribution in [-0.2, 0) is 5.88 Å². The lowest BCUT2D eigenvalue weighted by Crippen LogP contribution is -2.00. The molecule has 0 atom stereocenters. The molecule has 0 spiro atoms. The van der Waals surface area contributed by atoms with Crippen LogP contribution >= 0.6 is 11.6 Å². The van der Waals surface area contributed by atoms with Crippen molar-refractivity contribution >= 4 is 22.6 Å². The molecule has 3 rings (SSSR count). The number of hydrogen-bond acceptors (Lipinski definition) is 1. The number of aromatic nitrogens is 2. The Morgan fingerprint density at radius 3 is 2.74 bits per heavy atom. The minimum Gasteiger partial charge on any atom is -0.295 e. The monoisotopic (exact) mass is 274 g/mol. The van der Waals surface area contributed by atoms with E-state index in [0.717, 1.165) is 28.1 Å². The average Bonchev–Trinajstić information content (AvgIpc) is 2.78. The molecule has 0 aliphatic rings. The first-order chi connectivity index (χ1) is 9.20. The molecule has 1 aromatic heterocycles. The van der Waals surface area contributed by atoms with E-state index in [1.165, 1.54) is 12.1 Å². The number of rotatable bonds is 2. The van der Waals surface area contributed by atoms with Crippen LogP contribution < -0.4 is 0 Å². The second kappa shape index (κ2) is 4.67. The number of benzene rings is 2. The first-order valence-electron chi connectivity index (χ1n) is 5.99. The molecular weight excluding hydrogens is 263 g/mol. The van der Waals surface area contributed by atoms with Gasteiger partial charge in [0.15, 0.2) is 0 Å². The van der Waals surface area contributed by atoms with Gasteiger partial charge in [0, 0.05) is 0 Å². The Hall–Kier alpha value is -1.87. The third kappa shape index (κ3) is 2.00. The minimum absolute atomic E-state index is 0.270. The predicted octanol–water partition coefficient (Wildman–Crippen LogP) is 4.21. The van der Waals surface area contributed by atoms with Crippen LogP contribution in [0.15, 0.2) is 42.5 Å². The Labute approximate surface area is 115 Å². The number of para-hydroxylation sites is 1. The van der Waals surface area contributed by atoms with E-state index in [9.17, 15) is 4.39 Å². The van der Waals surface area contributed by atoms with Gasteiger partial charge in [0.05, 0.1) is 22.6 Å². The molecule has 2 nitrogen and oxygen atoms in total. The van der Waals surface area contributed by atoms with Gasteiger partial charge in [-0.05, 0) is 36.8 Å². The Kier molecular flexibility index (Phi) is 2.99. The van der Waals surface area contributed by atoms with Gasteiger partial charge in [-0.3, -0.25) is 4.57 Å². The van der Waals surface area contributed by atoms with Gasteiger partial charge >= 0.3 is 0 Å². The Balaban J connectivity index is 2.38. The van der Waals surface area contributed by atoms with E-state index < -0.39 is 0 Å². The fourth-order valence-corrected chi connectivity index (χ4v) is 2.50. The molecule has 96 valence electrons. The summed E-state index contributed by atoms with van der Waals surface area (Å²) in [5.74, 6) is 0.731. The SMILES string of the molecule is Cc1cccc2nc(CCl)n(-c3cccc(F)c3)c12. The predicted molar refractivity (Wildman–Crippen MR) is 75.3 cm³/mol. The molecule has 0 fully saturated rings.